The SMILES string of the molecule is CCC1C(=O)NCCN1C(=O)c1sc2cc(C(F)(F)F)ccc2c1Cl. The summed E-state index contributed by atoms with van der Waals surface area (Å²) < 4.78 is 38.9. The molecule has 1 N–H and O–H groups in total. The summed E-state index contributed by atoms with van der Waals surface area (Å²) in [4.78, 5) is 26.3. The summed E-state index contributed by atoms with van der Waals surface area (Å²) in [5, 5.41) is 3.22. The van der Waals surface area contributed by atoms with Gasteiger partial charge in [0.05, 0.1) is 10.6 Å². The highest BCUT2D eigenvalue weighted by Crippen LogP contribution is 2.40. The highest BCUT2D eigenvalue weighted by atomic mass is 35.5. The van der Waals surface area contributed by atoms with E-state index in [1.807, 2.05) is 0 Å². The zero-order chi connectivity index (χ0) is 18.4. The molecule has 1 aromatic carbocycles. The highest BCUT2D eigenvalue weighted by Gasteiger charge is 2.35. The first kappa shape index (κ1) is 18.0. The smallest absolute Gasteiger partial charge is 0.353 e. The van der Waals surface area contributed by atoms with Crippen LogP contribution in [0.25, 0.3) is 10.1 Å². The lowest BCUT2D eigenvalue weighted by Gasteiger charge is -2.34. The summed E-state index contributed by atoms with van der Waals surface area (Å²) in [6.45, 7) is 2.46. The van der Waals surface area contributed by atoms with Gasteiger partial charge in [0.25, 0.3) is 5.91 Å². The second kappa shape index (κ2) is 6.49. The number of fused-ring (bicyclic) bond motifs is 1. The van der Waals surface area contributed by atoms with Crippen LogP contribution in [0.3, 0.4) is 0 Å². The topological polar surface area (TPSA) is 49.4 Å². The molecule has 1 unspecified atom stereocenters. The van der Waals surface area contributed by atoms with Crippen LogP contribution in [0.1, 0.15) is 28.6 Å². The first-order chi connectivity index (χ1) is 11.7. The van der Waals surface area contributed by atoms with Crippen molar-refractivity contribution in [3.8, 4) is 0 Å². The average molecular weight is 391 g/mol. The van der Waals surface area contributed by atoms with Crippen molar-refractivity contribution in [2.24, 2.45) is 0 Å². The lowest BCUT2D eigenvalue weighted by Crippen LogP contribution is -2.56. The monoisotopic (exact) mass is 390 g/mol. The van der Waals surface area contributed by atoms with Crippen molar-refractivity contribution in [2.45, 2.75) is 25.6 Å². The third-order valence-corrected chi connectivity index (χ3v) is 5.77. The predicted molar refractivity (Wildman–Crippen MR) is 90.0 cm³/mol. The van der Waals surface area contributed by atoms with Gasteiger partial charge in [0.15, 0.2) is 0 Å². The van der Waals surface area contributed by atoms with Crippen LogP contribution < -0.4 is 5.32 Å². The number of piperazine rings is 1. The molecule has 0 aliphatic carbocycles. The second-order valence-electron chi connectivity index (χ2n) is 5.67. The zero-order valence-electron chi connectivity index (χ0n) is 13.1. The van der Waals surface area contributed by atoms with Gasteiger partial charge in [-0.05, 0) is 18.6 Å². The molecule has 1 saturated heterocycles. The van der Waals surface area contributed by atoms with Gasteiger partial charge in [-0.15, -0.1) is 11.3 Å². The predicted octanol–water partition coefficient (Wildman–Crippen LogP) is 3.92. The van der Waals surface area contributed by atoms with Crippen molar-refractivity contribution < 1.29 is 22.8 Å². The largest absolute Gasteiger partial charge is 0.416 e. The molecule has 1 atom stereocenters. The van der Waals surface area contributed by atoms with Gasteiger partial charge in [-0.3, -0.25) is 9.59 Å². The van der Waals surface area contributed by atoms with Crippen LogP contribution >= 0.6 is 22.9 Å². The van der Waals surface area contributed by atoms with Crippen LogP contribution in [-0.2, 0) is 11.0 Å². The molecule has 0 radical (unpaired) electrons. The number of thiophene rings is 1. The number of hydrogen-bond donors (Lipinski definition) is 1. The van der Waals surface area contributed by atoms with E-state index in [0.29, 0.717) is 24.9 Å². The van der Waals surface area contributed by atoms with E-state index in [4.69, 9.17) is 11.6 Å². The van der Waals surface area contributed by atoms with E-state index in [1.165, 1.54) is 11.0 Å². The molecule has 1 aliphatic heterocycles. The Hall–Kier alpha value is -1.80. The normalized spacial score (nSPS) is 18.5. The molecule has 134 valence electrons. The first-order valence-electron chi connectivity index (χ1n) is 7.62. The van der Waals surface area contributed by atoms with E-state index >= 15 is 0 Å². The maximum absolute atomic E-state index is 12.9. The van der Waals surface area contributed by atoms with Crippen molar-refractivity contribution in [3.05, 3.63) is 33.7 Å². The summed E-state index contributed by atoms with van der Waals surface area (Å²) in [5.41, 5.74) is -0.791. The van der Waals surface area contributed by atoms with Crippen molar-refractivity contribution >= 4 is 44.8 Å². The quantitative estimate of drug-likeness (QED) is 0.844. The Labute approximate surface area is 150 Å². The van der Waals surface area contributed by atoms with Crippen molar-refractivity contribution in [2.75, 3.05) is 13.1 Å². The Kier molecular flexibility index (Phi) is 4.68. The van der Waals surface area contributed by atoms with E-state index in [0.717, 1.165) is 23.5 Å². The fraction of sp³-hybridized carbons (Fsp3) is 0.375. The molecule has 1 fully saturated rings. The molecule has 0 saturated carbocycles. The van der Waals surface area contributed by atoms with E-state index in [2.05, 4.69) is 5.32 Å². The summed E-state index contributed by atoms with van der Waals surface area (Å²) >= 11 is 7.16. The van der Waals surface area contributed by atoms with E-state index in [1.54, 1.807) is 6.92 Å². The minimum atomic E-state index is -4.47. The molecule has 2 aromatic rings. The standard InChI is InChI=1S/C16H14ClF3N2O2S/c1-2-10-14(23)21-5-6-22(10)15(24)13-12(17)9-4-3-8(16(18,19)20)7-11(9)25-13/h3-4,7,10H,2,5-6H2,1H3,(H,21,23). The first-order valence-corrected chi connectivity index (χ1v) is 8.81. The molecule has 0 bridgehead atoms. The molecular weight excluding hydrogens is 377 g/mol. The minimum absolute atomic E-state index is 0.125. The number of carbonyl (C=O) groups is 2. The van der Waals surface area contributed by atoms with Crippen LogP contribution in [0.5, 0.6) is 0 Å². The Morgan fingerprint density at radius 3 is 2.80 bits per heavy atom. The molecule has 2 amide bonds. The molecule has 1 aromatic heterocycles. The molecule has 3 rings (SSSR count). The van der Waals surface area contributed by atoms with Crippen molar-refractivity contribution in [1.29, 1.82) is 0 Å². The van der Waals surface area contributed by atoms with Crippen LogP contribution in [0.4, 0.5) is 13.2 Å². The lowest BCUT2D eigenvalue weighted by molar-refractivity contribution is -0.137. The Morgan fingerprint density at radius 1 is 1.44 bits per heavy atom. The Bertz CT molecular complexity index is 850. The zero-order valence-corrected chi connectivity index (χ0v) is 14.7. The Balaban J connectivity index is 2.01. The van der Waals surface area contributed by atoms with Gasteiger partial charge in [0.2, 0.25) is 5.91 Å². The van der Waals surface area contributed by atoms with Crippen LogP contribution in [0.2, 0.25) is 5.02 Å². The third kappa shape index (κ3) is 3.20. The third-order valence-electron chi connectivity index (χ3n) is 4.13. The lowest BCUT2D eigenvalue weighted by atomic mass is 10.1. The van der Waals surface area contributed by atoms with Crippen LogP contribution in [0.15, 0.2) is 18.2 Å². The number of nitrogens with one attached hydrogen (secondary N) is 1. The fourth-order valence-electron chi connectivity index (χ4n) is 2.87. The molecule has 9 heteroatoms. The van der Waals surface area contributed by atoms with Gasteiger partial charge in [-0.1, -0.05) is 24.6 Å². The number of nitrogens with zero attached hydrogens (tertiary/aromatic N) is 1. The molecular formula is C16H14ClF3N2O2S. The van der Waals surface area contributed by atoms with E-state index < -0.39 is 23.7 Å². The minimum Gasteiger partial charge on any atom is -0.353 e. The van der Waals surface area contributed by atoms with Gasteiger partial charge in [-0.25, -0.2) is 0 Å². The van der Waals surface area contributed by atoms with Crippen molar-refractivity contribution in [1.82, 2.24) is 10.2 Å². The molecule has 2 heterocycles. The Morgan fingerprint density at radius 2 is 2.16 bits per heavy atom. The van der Waals surface area contributed by atoms with Gasteiger partial charge in [-0.2, -0.15) is 13.2 Å². The van der Waals surface area contributed by atoms with Gasteiger partial charge in [0.1, 0.15) is 10.9 Å². The summed E-state index contributed by atoms with van der Waals surface area (Å²) in [5.74, 6) is -0.667. The molecule has 1 aliphatic rings. The number of benzene rings is 1. The molecule has 25 heavy (non-hydrogen) atoms. The van der Waals surface area contributed by atoms with Crippen LogP contribution in [0, 0.1) is 0 Å². The van der Waals surface area contributed by atoms with Gasteiger partial charge < -0.3 is 10.2 Å². The second-order valence-corrected chi connectivity index (χ2v) is 7.10. The number of hydrogen-bond acceptors (Lipinski definition) is 3. The summed E-state index contributed by atoms with van der Waals surface area (Å²) in [7, 11) is 0. The van der Waals surface area contributed by atoms with Gasteiger partial charge in [0, 0.05) is 23.2 Å². The summed E-state index contributed by atoms with van der Waals surface area (Å²) in [6.07, 6.45) is -4.02. The average Bonchev–Trinajstić information content (AvgIpc) is 2.89. The number of halogens is 4. The maximum Gasteiger partial charge on any atom is 0.416 e. The molecule has 0 spiro atoms. The van der Waals surface area contributed by atoms with E-state index in [-0.39, 0.29) is 20.5 Å². The highest BCUT2D eigenvalue weighted by molar-refractivity contribution is 7.21. The summed E-state index contributed by atoms with van der Waals surface area (Å²) in [6, 6.07) is 2.60. The number of carbonyl (C=O) groups excluding carboxylic acids is 2. The van der Waals surface area contributed by atoms with E-state index in [9.17, 15) is 22.8 Å². The van der Waals surface area contributed by atoms with Crippen molar-refractivity contribution in [3.63, 3.8) is 0 Å². The van der Waals surface area contributed by atoms with Gasteiger partial charge >= 0.3 is 6.18 Å². The molecule has 4 nitrogen and oxygen atoms in total. The number of amides is 2. The maximum atomic E-state index is 12.9. The van der Waals surface area contributed by atoms with Crippen LogP contribution in [-0.4, -0.2) is 35.8 Å². The number of rotatable bonds is 2. The number of alkyl halides is 3. The fourth-order valence-corrected chi connectivity index (χ4v) is 4.38.